The average Bonchev–Trinajstić information content (AvgIpc) is 2.75. The van der Waals surface area contributed by atoms with Crippen molar-refractivity contribution >= 4 is 43.9 Å². The first-order chi connectivity index (χ1) is 8.19. The molecular weight excluding hydrogens is 300 g/mol. The molecule has 0 saturated carbocycles. The average molecular weight is 311 g/mol. The summed E-state index contributed by atoms with van der Waals surface area (Å²) >= 11 is 4.84. The number of halogens is 1. The molecule has 17 heavy (non-hydrogen) atoms. The molecule has 0 fully saturated rings. The largest absolute Gasteiger partial charge is 0.388 e. The number of nitrogens with one attached hydrogen (secondary N) is 2. The van der Waals surface area contributed by atoms with E-state index in [-0.39, 0.29) is 5.91 Å². The van der Waals surface area contributed by atoms with E-state index in [9.17, 15) is 4.79 Å². The number of carbonyl (C=O) groups is 1. The summed E-state index contributed by atoms with van der Waals surface area (Å²) in [6.07, 6.45) is 0. The van der Waals surface area contributed by atoms with E-state index in [1.165, 1.54) is 11.3 Å². The second-order valence-electron chi connectivity index (χ2n) is 3.41. The predicted molar refractivity (Wildman–Crippen MR) is 76.0 cm³/mol. The summed E-state index contributed by atoms with van der Waals surface area (Å²) in [4.78, 5) is 11.9. The van der Waals surface area contributed by atoms with E-state index in [0.29, 0.717) is 5.56 Å². The van der Waals surface area contributed by atoms with Gasteiger partial charge in [0.05, 0.1) is 5.00 Å². The molecule has 3 nitrogen and oxygen atoms in total. The molecule has 5 heteroatoms. The minimum atomic E-state index is -0.101. The molecule has 0 unspecified atom stereocenters. The van der Waals surface area contributed by atoms with Crippen molar-refractivity contribution in [2.24, 2.45) is 0 Å². The second kappa shape index (κ2) is 5.33. The topological polar surface area (TPSA) is 41.1 Å². The SMILES string of the molecule is CNc1cccc(C(=O)Nc2cc(Br)cs2)c1. The van der Waals surface area contributed by atoms with Gasteiger partial charge in [0.15, 0.2) is 0 Å². The Kier molecular flexibility index (Phi) is 3.81. The minimum Gasteiger partial charge on any atom is -0.388 e. The van der Waals surface area contributed by atoms with Crippen LogP contribution in [0.4, 0.5) is 10.7 Å². The normalized spacial score (nSPS) is 10.0. The van der Waals surface area contributed by atoms with Crippen molar-refractivity contribution in [3.05, 3.63) is 45.7 Å². The summed E-state index contributed by atoms with van der Waals surface area (Å²) in [6.45, 7) is 0. The number of hydrogen-bond acceptors (Lipinski definition) is 3. The van der Waals surface area contributed by atoms with Gasteiger partial charge in [-0.2, -0.15) is 0 Å². The van der Waals surface area contributed by atoms with Crippen LogP contribution in [-0.2, 0) is 0 Å². The lowest BCUT2D eigenvalue weighted by molar-refractivity contribution is 0.102. The first kappa shape index (κ1) is 12.1. The summed E-state index contributed by atoms with van der Waals surface area (Å²) in [5.41, 5.74) is 1.56. The Morgan fingerprint density at radius 3 is 2.82 bits per heavy atom. The van der Waals surface area contributed by atoms with Crippen LogP contribution in [0.5, 0.6) is 0 Å². The molecule has 0 aliphatic rings. The lowest BCUT2D eigenvalue weighted by atomic mass is 10.2. The quantitative estimate of drug-likeness (QED) is 0.905. The Hall–Kier alpha value is -1.33. The highest BCUT2D eigenvalue weighted by molar-refractivity contribution is 9.10. The predicted octanol–water partition coefficient (Wildman–Crippen LogP) is 3.80. The molecule has 0 bridgehead atoms. The van der Waals surface area contributed by atoms with Gasteiger partial charge in [-0.05, 0) is 40.2 Å². The third-order valence-corrected chi connectivity index (χ3v) is 3.82. The number of hydrogen-bond donors (Lipinski definition) is 2. The van der Waals surface area contributed by atoms with E-state index >= 15 is 0 Å². The molecular formula is C12H11BrN2OS. The van der Waals surface area contributed by atoms with Gasteiger partial charge in [0.1, 0.15) is 0 Å². The van der Waals surface area contributed by atoms with Gasteiger partial charge < -0.3 is 10.6 Å². The van der Waals surface area contributed by atoms with Crippen LogP contribution >= 0.6 is 27.3 Å². The minimum absolute atomic E-state index is 0.101. The molecule has 0 radical (unpaired) electrons. The van der Waals surface area contributed by atoms with Crippen molar-refractivity contribution in [2.45, 2.75) is 0 Å². The Morgan fingerprint density at radius 2 is 2.18 bits per heavy atom. The molecule has 2 rings (SSSR count). The van der Waals surface area contributed by atoms with E-state index in [2.05, 4.69) is 26.6 Å². The van der Waals surface area contributed by atoms with Crippen molar-refractivity contribution in [2.75, 3.05) is 17.7 Å². The zero-order valence-corrected chi connectivity index (χ0v) is 11.6. The van der Waals surface area contributed by atoms with Gasteiger partial charge in [-0.1, -0.05) is 6.07 Å². The van der Waals surface area contributed by atoms with Crippen molar-refractivity contribution in [3.63, 3.8) is 0 Å². The standard InChI is InChI=1S/C12H11BrN2OS/c1-14-10-4-2-3-8(5-10)12(16)15-11-6-9(13)7-17-11/h2-7,14H,1H3,(H,15,16). The molecule has 0 saturated heterocycles. The molecule has 0 spiro atoms. The smallest absolute Gasteiger partial charge is 0.256 e. The van der Waals surface area contributed by atoms with Crippen molar-refractivity contribution < 1.29 is 4.79 Å². The first-order valence-corrected chi connectivity index (χ1v) is 6.69. The van der Waals surface area contributed by atoms with Crippen LogP contribution in [-0.4, -0.2) is 13.0 Å². The fraction of sp³-hybridized carbons (Fsp3) is 0.0833. The van der Waals surface area contributed by atoms with Gasteiger partial charge in [-0.3, -0.25) is 4.79 Å². The number of anilines is 2. The van der Waals surface area contributed by atoms with E-state index in [1.807, 2.05) is 36.7 Å². The highest BCUT2D eigenvalue weighted by atomic mass is 79.9. The Labute approximate surface area is 112 Å². The van der Waals surface area contributed by atoms with Crippen LogP contribution in [0.25, 0.3) is 0 Å². The van der Waals surface area contributed by atoms with E-state index < -0.39 is 0 Å². The van der Waals surface area contributed by atoms with Gasteiger partial charge in [0.25, 0.3) is 5.91 Å². The molecule has 88 valence electrons. The molecule has 0 aliphatic carbocycles. The first-order valence-electron chi connectivity index (χ1n) is 5.02. The van der Waals surface area contributed by atoms with Gasteiger partial charge in [-0.15, -0.1) is 11.3 Å². The summed E-state index contributed by atoms with van der Waals surface area (Å²) in [6, 6.07) is 9.25. The van der Waals surface area contributed by atoms with E-state index in [4.69, 9.17) is 0 Å². The highest BCUT2D eigenvalue weighted by Crippen LogP contribution is 2.25. The number of carbonyl (C=O) groups excluding carboxylic acids is 1. The van der Waals surface area contributed by atoms with Crippen LogP contribution in [0.15, 0.2) is 40.2 Å². The number of rotatable bonds is 3. The fourth-order valence-corrected chi connectivity index (χ4v) is 2.69. The third-order valence-electron chi connectivity index (χ3n) is 2.22. The Morgan fingerprint density at radius 1 is 1.35 bits per heavy atom. The second-order valence-corrected chi connectivity index (χ2v) is 5.24. The van der Waals surface area contributed by atoms with Crippen LogP contribution in [0.1, 0.15) is 10.4 Å². The van der Waals surface area contributed by atoms with Crippen molar-refractivity contribution in [1.29, 1.82) is 0 Å². The number of amides is 1. The summed E-state index contributed by atoms with van der Waals surface area (Å²) in [5.74, 6) is -0.101. The van der Waals surface area contributed by atoms with E-state index in [0.717, 1.165) is 15.2 Å². The maximum absolute atomic E-state index is 11.9. The fourth-order valence-electron chi connectivity index (χ4n) is 1.38. The number of thiophene rings is 1. The van der Waals surface area contributed by atoms with Crippen LogP contribution in [0.2, 0.25) is 0 Å². The highest BCUT2D eigenvalue weighted by Gasteiger charge is 2.07. The number of benzene rings is 1. The van der Waals surface area contributed by atoms with Crippen LogP contribution in [0, 0.1) is 0 Å². The van der Waals surface area contributed by atoms with Gasteiger partial charge in [-0.25, -0.2) is 0 Å². The lowest BCUT2D eigenvalue weighted by Gasteiger charge is -2.04. The maximum Gasteiger partial charge on any atom is 0.256 e. The lowest BCUT2D eigenvalue weighted by Crippen LogP contribution is -2.10. The molecule has 2 N–H and O–H groups in total. The van der Waals surface area contributed by atoms with Crippen molar-refractivity contribution in [1.82, 2.24) is 0 Å². The third kappa shape index (κ3) is 3.08. The zero-order valence-electron chi connectivity index (χ0n) is 9.16. The van der Waals surface area contributed by atoms with E-state index in [1.54, 1.807) is 6.07 Å². The van der Waals surface area contributed by atoms with Gasteiger partial charge in [0, 0.05) is 28.2 Å². The van der Waals surface area contributed by atoms with Gasteiger partial charge in [0.2, 0.25) is 0 Å². The van der Waals surface area contributed by atoms with Gasteiger partial charge >= 0.3 is 0 Å². The molecule has 1 amide bonds. The molecule has 1 heterocycles. The maximum atomic E-state index is 11.9. The van der Waals surface area contributed by atoms with Crippen LogP contribution < -0.4 is 10.6 Å². The molecule has 0 aliphatic heterocycles. The Bertz CT molecular complexity index is 539. The Balaban J connectivity index is 2.14. The summed E-state index contributed by atoms with van der Waals surface area (Å²) in [7, 11) is 1.83. The monoisotopic (exact) mass is 310 g/mol. The molecule has 0 atom stereocenters. The zero-order chi connectivity index (χ0) is 12.3. The van der Waals surface area contributed by atoms with Crippen molar-refractivity contribution in [3.8, 4) is 0 Å². The van der Waals surface area contributed by atoms with Crippen LogP contribution in [0.3, 0.4) is 0 Å². The molecule has 2 aromatic rings. The molecule has 1 aromatic heterocycles. The molecule has 1 aromatic carbocycles. The summed E-state index contributed by atoms with van der Waals surface area (Å²) in [5, 5.41) is 8.62. The summed E-state index contributed by atoms with van der Waals surface area (Å²) < 4.78 is 0.974.